The first-order valence-corrected chi connectivity index (χ1v) is 10.8. The summed E-state index contributed by atoms with van der Waals surface area (Å²) in [6.45, 7) is 2.13. The molecule has 0 aliphatic carbocycles. The van der Waals surface area contributed by atoms with Gasteiger partial charge in [0.25, 0.3) is 5.91 Å². The van der Waals surface area contributed by atoms with Gasteiger partial charge in [-0.1, -0.05) is 78.6 Å². The normalized spacial score (nSPS) is 18.0. The van der Waals surface area contributed by atoms with Crippen LogP contribution in [0.25, 0.3) is 5.70 Å². The number of rotatable bonds is 4. The van der Waals surface area contributed by atoms with Crippen molar-refractivity contribution in [3.8, 4) is 0 Å². The van der Waals surface area contributed by atoms with Crippen LogP contribution in [0.4, 0.5) is 0 Å². The number of carbonyl (C=O) groups is 1. The van der Waals surface area contributed by atoms with Gasteiger partial charge in [-0.2, -0.15) is 0 Å². The van der Waals surface area contributed by atoms with E-state index in [1.807, 2.05) is 36.4 Å². The highest BCUT2D eigenvalue weighted by Gasteiger charge is 2.35. The van der Waals surface area contributed by atoms with E-state index >= 15 is 0 Å². The van der Waals surface area contributed by atoms with Gasteiger partial charge >= 0.3 is 0 Å². The first kappa shape index (κ1) is 19.3. The molecule has 0 radical (unpaired) electrons. The van der Waals surface area contributed by atoms with Gasteiger partial charge in [-0.15, -0.1) is 5.10 Å². The summed E-state index contributed by atoms with van der Waals surface area (Å²) in [5.74, 6) is 0.689. The first-order chi connectivity index (χ1) is 13.6. The van der Waals surface area contributed by atoms with E-state index in [1.54, 1.807) is 11.1 Å². The van der Waals surface area contributed by atoms with Gasteiger partial charge in [0.1, 0.15) is 5.70 Å². The number of nitrogens with zero attached hydrogens (tertiary/aromatic N) is 3. The highest BCUT2D eigenvalue weighted by molar-refractivity contribution is 8.13. The number of thioether (sulfide) groups is 1. The number of hydrazone groups is 1. The van der Waals surface area contributed by atoms with Crippen LogP contribution in [0.3, 0.4) is 0 Å². The quantitative estimate of drug-likeness (QED) is 0.749. The molecule has 28 heavy (non-hydrogen) atoms. The fraction of sp³-hybridized carbons (Fsp3) is 0.250. The Morgan fingerprint density at radius 3 is 2.82 bits per heavy atom. The molecule has 0 aromatic heterocycles. The fourth-order valence-electron chi connectivity index (χ4n) is 3.13. The summed E-state index contributed by atoms with van der Waals surface area (Å²) in [6, 6.07) is 13.0. The number of halogens is 2. The summed E-state index contributed by atoms with van der Waals surface area (Å²) in [5, 5.41) is 12.2. The monoisotopic (exact) mass is 432 g/mol. The predicted octanol–water partition coefficient (Wildman–Crippen LogP) is 3.67. The average molecular weight is 433 g/mol. The van der Waals surface area contributed by atoms with Crippen molar-refractivity contribution < 1.29 is 4.79 Å². The van der Waals surface area contributed by atoms with Crippen LogP contribution in [-0.4, -0.2) is 21.8 Å². The molecule has 1 atom stereocenters. The van der Waals surface area contributed by atoms with Crippen LogP contribution in [-0.2, 0) is 4.79 Å². The third kappa shape index (κ3) is 3.52. The Hall–Kier alpha value is -2.02. The number of fused-ring (bicyclic) bond motifs is 2. The van der Waals surface area contributed by atoms with Gasteiger partial charge in [0.15, 0.2) is 11.3 Å². The van der Waals surface area contributed by atoms with Gasteiger partial charge in [-0.25, -0.2) is 5.01 Å². The number of benzene rings is 2. The van der Waals surface area contributed by atoms with Gasteiger partial charge in [0, 0.05) is 16.5 Å². The molecular weight excluding hydrogens is 415 g/mol. The molecule has 0 saturated carbocycles. The topological polar surface area (TPSA) is 57.1 Å². The Labute approximate surface area is 177 Å². The highest BCUT2D eigenvalue weighted by Crippen LogP contribution is 2.37. The van der Waals surface area contributed by atoms with Crippen molar-refractivity contribution in [2.45, 2.75) is 25.9 Å². The van der Waals surface area contributed by atoms with Crippen molar-refractivity contribution in [2.75, 3.05) is 5.75 Å². The van der Waals surface area contributed by atoms with E-state index in [2.05, 4.69) is 12.2 Å². The lowest BCUT2D eigenvalue weighted by molar-refractivity contribution is -0.116. The Morgan fingerprint density at radius 2 is 2.00 bits per heavy atom. The molecule has 2 aliphatic heterocycles. The van der Waals surface area contributed by atoms with Gasteiger partial charge in [0.2, 0.25) is 0 Å². The Morgan fingerprint density at radius 1 is 1.18 bits per heavy atom. The van der Waals surface area contributed by atoms with E-state index < -0.39 is 6.17 Å². The van der Waals surface area contributed by atoms with Gasteiger partial charge in [-0.3, -0.25) is 15.1 Å². The van der Waals surface area contributed by atoms with Crippen LogP contribution >= 0.6 is 35.0 Å². The van der Waals surface area contributed by atoms with Crippen LogP contribution in [0, 0.1) is 0 Å². The maximum atomic E-state index is 13.0. The number of nitrogens with one attached hydrogen (secondary N) is 1. The summed E-state index contributed by atoms with van der Waals surface area (Å²) in [5.41, 5.74) is 1.17. The number of para-hydroxylation sites is 1. The molecule has 1 N–H and O–H groups in total. The first-order valence-electron chi connectivity index (χ1n) is 9.03. The minimum absolute atomic E-state index is 0.195. The Kier molecular flexibility index (Phi) is 5.62. The van der Waals surface area contributed by atoms with E-state index in [0.717, 1.165) is 29.2 Å². The third-order valence-corrected chi connectivity index (χ3v) is 6.30. The summed E-state index contributed by atoms with van der Waals surface area (Å²) >= 11 is 14.2. The molecule has 2 aromatic carbocycles. The molecule has 144 valence electrons. The average Bonchev–Trinajstić information content (AvgIpc) is 2.69. The molecular formula is C20H18Cl2N4OS. The number of unbranched alkanes of at least 4 members (excludes halogenated alkanes) is 1. The third-order valence-electron chi connectivity index (χ3n) is 4.51. The number of amides is 1. The lowest BCUT2D eigenvalue weighted by Crippen LogP contribution is -2.50. The summed E-state index contributed by atoms with van der Waals surface area (Å²) in [7, 11) is 0. The summed E-state index contributed by atoms with van der Waals surface area (Å²) < 4.78 is 0. The molecule has 0 saturated heterocycles. The van der Waals surface area contributed by atoms with Crippen LogP contribution in [0.15, 0.2) is 52.6 Å². The summed E-state index contributed by atoms with van der Waals surface area (Å²) in [6.07, 6.45) is 1.56. The van der Waals surface area contributed by atoms with Crippen LogP contribution < -0.4 is 15.9 Å². The standard InChI is InChI=1S/C20H18Cl2N4OS/c1-2-3-11-28-20-24-19(27)17-12-7-4-5-10-15(12)23-18(26(17)25-20)13-8-6-9-14(21)16(13)22/h4-10,18H,2-3,11H2,1H3,(H,24,25,27). The second-order valence-corrected chi connectivity index (χ2v) is 8.29. The molecule has 2 aromatic rings. The SMILES string of the molecule is CCCCSC1=NN2C(=c3ccccc3=NC2c2cccc(Cl)c2Cl)C(=O)N1. The van der Waals surface area contributed by atoms with E-state index in [0.29, 0.717) is 26.5 Å². The van der Waals surface area contributed by atoms with Crippen LogP contribution in [0.5, 0.6) is 0 Å². The Bertz CT molecular complexity index is 1090. The maximum Gasteiger partial charge on any atom is 0.276 e. The second-order valence-electron chi connectivity index (χ2n) is 6.42. The predicted molar refractivity (Wildman–Crippen MR) is 115 cm³/mol. The zero-order valence-electron chi connectivity index (χ0n) is 15.2. The van der Waals surface area contributed by atoms with Crippen LogP contribution in [0.1, 0.15) is 31.5 Å². The number of hydrogen-bond donors (Lipinski definition) is 1. The lowest BCUT2D eigenvalue weighted by atomic mass is 10.1. The number of hydrogen-bond acceptors (Lipinski definition) is 5. The molecule has 1 amide bonds. The van der Waals surface area contributed by atoms with E-state index in [9.17, 15) is 4.79 Å². The molecule has 4 rings (SSSR count). The number of carbonyl (C=O) groups excluding carboxylic acids is 1. The largest absolute Gasteiger partial charge is 0.298 e. The van der Waals surface area contributed by atoms with Crippen molar-refractivity contribution in [1.82, 2.24) is 10.3 Å². The maximum absolute atomic E-state index is 13.0. The Balaban J connectivity index is 1.87. The second kappa shape index (κ2) is 8.15. The van der Waals surface area contributed by atoms with Gasteiger partial charge < -0.3 is 0 Å². The zero-order chi connectivity index (χ0) is 19.7. The molecule has 0 bridgehead atoms. The molecule has 1 unspecified atom stereocenters. The van der Waals surface area contributed by atoms with Crippen molar-refractivity contribution >= 4 is 51.7 Å². The molecule has 2 heterocycles. The zero-order valence-corrected chi connectivity index (χ0v) is 17.5. The minimum atomic E-state index is -0.566. The van der Waals surface area contributed by atoms with Gasteiger partial charge in [0.05, 0.1) is 15.4 Å². The lowest BCUT2D eigenvalue weighted by Gasteiger charge is -2.34. The van der Waals surface area contributed by atoms with Crippen molar-refractivity contribution in [1.29, 1.82) is 0 Å². The van der Waals surface area contributed by atoms with Crippen molar-refractivity contribution in [2.24, 2.45) is 10.1 Å². The van der Waals surface area contributed by atoms with Gasteiger partial charge in [-0.05, 0) is 18.6 Å². The molecule has 2 aliphatic rings. The van der Waals surface area contributed by atoms with Crippen molar-refractivity contribution in [3.63, 3.8) is 0 Å². The van der Waals surface area contributed by atoms with E-state index in [1.165, 1.54) is 11.8 Å². The molecule has 5 nitrogen and oxygen atoms in total. The van der Waals surface area contributed by atoms with Crippen LogP contribution in [0.2, 0.25) is 10.0 Å². The fourth-order valence-corrected chi connectivity index (χ4v) is 4.47. The number of amidine groups is 1. The molecule has 8 heteroatoms. The minimum Gasteiger partial charge on any atom is -0.298 e. The summed E-state index contributed by atoms with van der Waals surface area (Å²) in [4.78, 5) is 17.8. The molecule has 0 fully saturated rings. The highest BCUT2D eigenvalue weighted by atomic mass is 35.5. The van der Waals surface area contributed by atoms with E-state index in [4.69, 9.17) is 33.3 Å². The smallest absolute Gasteiger partial charge is 0.276 e. The van der Waals surface area contributed by atoms with E-state index in [-0.39, 0.29) is 5.91 Å². The molecule has 0 spiro atoms. The van der Waals surface area contributed by atoms with Crippen molar-refractivity contribution in [3.05, 3.63) is 68.6 Å².